The fourth-order valence-corrected chi connectivity index (χ4v) is 4.61. The zero-order valence-electron chi connectivity index (χ0n) is 15.1. The van der Waals surface area contributed by atoms with Crippen LogP contribution in [0.3, 0.4) is 0 Å². The Bertz CT molecular complexity index is 1230. The fourth-order valence-electron chi connectivity index (χ4n) is 3.50. The lowest BCUT2D eigenvalue weighted by Gasteiger charge is -2.01. The Labute approximate surface area is 170 Å². The second kappa shape index (κ2) is 7.12. The van der Waals surface area contributed by atoms with Crippen molar-refractivity contribution in [2.45, 2.75) is 32.9 Å². The highest BCUT2D eigenvalue weighted by molar-refractivity contribution is 7.22. The number of aromatic nitrogens is 4. The van der Waals surface area contributed by atoms with Crippen LogP contribution in [0.25, 0.3) is 32.4 Å². The Morgan fingerprint density at radius 3 is 2.79 bits per heavy atom. The van der Waals surface area contributed by atoms with Gasteiger partial charge in [0.25, 0.3) is 11.4 Å². The molecule has 4 aromatic rings. The topological polar surface area (TPSA) is 99.8 Å². The van der Waals surface area contributed by atoms with Gasteiger partial charge in [0.1, 0.15) is 10.7 Å². The van der Waals surface area contributed by atoms with Gasteiger partial charge in [0.05, 0.1) is 10.3 Å². The van der Waals surface area contributed by atoms with E-state index in [0.29, 0.717) is 23.6 Å². The molecule has 0 fully saturated rings. The van der Waals surface area contributed by atoms with E-state index in [0.717, 1.165) is 51.6 Å². The van der Waals surface area contributed by atoms with Gasteiger partial charge in [-0.05, 0) is 24.5 Å². The minimum Gasteiger partial charge on any atom is -0.333 e. The Morgan fingerprint density at radius 2 is 2.04 bits per heavy atom. The molecule has 3 aromatic heterocycles. The molecule has 1 aliphatic rings. The van der Waals surface area contributed by atoms with Crippen LogP contribution in [-0.4, -0.2) is 19.7 Å². The third kappa shape index (κ3) is 2.85. The zero-order valence-corrected chi connectivity index (χ0v) is 16.8. The van der Waals surface area contributed by atoms with Crippen molar-refractivity contribution in [2.75, 3.05) is 0 Å². The second-order valence-electron chi connectivity index (χ2n) is 6.65. The molecule has 5 rings (SSSR count). The van der Waals surface area contributed by atoms with Gasteiger partial charge in [0.2, 0.25) is 5.82 Å². The van der Waals surface area contributed by atoms with E-state index < -0.39 is 0 Å². The van der Waals surface area contributed by atoms with Crippen LogP contribution in [0.15, 0.2) is 33.6 Å². The molecule has 1 aromatic carbocycles. The summed E-state index contributed by atoms with van der Waals surface area (Å²) in [4.78, 5) is 23.6. The molecule has 0 atom stereocenters. The van der Waals surface area contributed by atoms with E-state index in [9.17, 15) is 4.79 Å². The van der Waals surface area contributed by atoms with Crippen LogP contribution in [0.2, 0.25) is 0 Å². The van der Waals surface area contributed by atoms with Crippen molar-refractivity contribution >= 4 is 34.0 Å². The van der Waals surface area contributed by atoms with E-state index in [1.54, 1.807) is 4.57 Å². The SMILES string of the molecule is Cc1c(-c2nc(-c3ccc(CN)cc3)no2)sc2nc3n(c(=O)c12)CCC3.Cl. The van der Waals surface area contributed by atoms with Crippen molar-refractivity contribution in [3.05, 3.63) is 51.6 Å². The number of thiophene rings is 1. The Hall–Kier alpha value is -2.55. The molecule has 0 bridgehead atoms. The van der Waals surface area contributed by atoms with E-state index in [1.807, 2.05) is 31.2 Å². The Morgan fingerprint density at radius 1 is 1.25 bits per heavy atom. The maximum absolute atomic E-state index is 12.8. The van der Waals surface area contributed by atoms with E-state index in [2.05, 4.69) is 15.1 Å². The normalized spacial score (nSPS) is 12.9. The first-order valence-electron chi connectivity index (χ1n) is 8.82. The lowest BCUT2D eigenvalue weighted by Crippen LogP contribution is -2.20. The lowest BCUT2D eigenvalue weighted by atomic mass is 10.1. The third-order valence-corrected chi connectivity index (χ3v) is 6.15. The summed E-state index contributed by atoms with van der Waals surface area (Å²) in [5.74, 6) is 1.79. The summed E-state index contributed by atoms with van der Waals surface area (Å²) in [5.41, 5.74) is 8.42. The first kappa shape index (κ1) is 18.8. The van der Waals surface area contributed by atoms with Gasteiger partial charge >= 0.3 is 0 Å². The number of fused-ring (bicyclic) bond motifs is 2. The second-order valence-corrected chi connectivity index (χ2v) is 7.65. The summed E-state index contributed by atoms with van der Waals surface area (Å²) in [5, 5.41) is 4.76. The largest absolute Gasteiger partial charge is 0.333 e. The minimum absolute atomic E-state index is 0. The van der Waals surface area contributed by atoms with Crippen LogP contribution in [0, 0.1) is 6.92 Å². The van der Waals surface area contributed by atoms with Crippen LogP contribution in [0.1, 0.15) is 23.4 Å². The van der Waals surface area contributed by atoms with E-state index in [1.165, 1.54) is 11.3 Å². The van der Waals surface area contributed by atoms with Gasteiger partial charge in [0, 0.05) is 25.1 Å². The molecular weight excluding hydrogens is 398 g/mol. The lowest BCUT2D eigenvalue weighted by molar-refractivity contribution is 0.433. The number of nitrogens with zero attached hydrogens (tertiary/aromatic N) is 4. The highest BCUT2D eigenvalue weighted by Gasteiger charge is 2.23. The van der Waals surface area contributed by atoms with Gasteiger partial charge in [-0.3, -0.25) is 9.36 Å². The molecule has 0 spiro atoms. The standard InChI is InChI=1S/C19H17N5O2S.ClH/c1-10-14-18(21-13-3-2-8-24(13)19(14)25)27-15(10)17-22-16(23-26-17)12-6-4-11(9-20)5-7-12;/h4-7H,2-3,8-9,20H2,1H3;1H. The van der Waals surface area contributed by atoms with E-state index >= 15 is 0 Å². The van der Waals surface area contributed by atoms with Crippen molar-refractivity contribution in [3.8, 4) is 22.2 Å². The molecular formula is C19H18ClN5O2S. The molecule has 0 saturated heterocycles. The Balaban J connectivity index is 0.00000192. The molecule has 0 aliphatic carbocycles. The van der Waals surface area contributed by atoms with Crippen LogP contribution < -0.4 is 11.3 Å². The predicted octanol–water partition coefficient (Wildman–Crippen LogP) is 3.31. The van der Waals surface area contributed by atoms with Crippen molar-refractivity contribution in [2.24, 2.45) is 5.73 Å². The van der Waals surface area contributed by atoms with Gasteiger partial charge in [-0.15, -0.1) is 23.7 Å². The molecule has 28 heavy (non-hydrogen) atoms. The fraction of sp³-hybridized carbons (Fsp3) is 0.263. The quantitative estimate of drug-likeness (QED) is 0.551. The summed E-state index contributed by atoms with van der Waals surface area (Å²) >= 11 is 1.43. The maximum Gasteiger partial charge on any atom is 0.268 e. The van der Waals surface area contributed by atoms with Crippen molar-refractivity contribution < 1.29 is 4.52 Å². The molecule has 9 heteroatoms. The van der Waals surface area contributed by atoms with Crippen molar-refractivity contribution in [1.29, 1.82) is 0 Å². The van der Waals surface area contributed by atoms with Gasteiger partial charge < -0.3 is 10.3 Å². The molecule has 4 heterocycles. The number of halogens is 1. The third-order valence-electron chi connectivity index (χ3n) is 4.98. The summed E-state index contributed by atoms with van der Waals surface area (Å²) in [6.07, 6.45) is 1.82. The smallest absolute Gasteiger partial charge is 0.268 e. The molecule has 0 radical (unpaired) electrons. The monoisotopic (exact) mass is 415 g/mol. The molecule has 1 aliphatic heterocycles. The van der Waals surface area contributed by atoms with Crippen LogP contribution in [0.4, 0.5) is 0 Å². The maximum atomic E-state index is 12.8. The minimum atomic E-state index is 0. The zero-order chi connectivity index (χ0) is 18.5. The average molecular weight is 416 g/mol. The first-order valence-corrected chi connectivity index (χ1v) is 9.63. The average Bonchev–Trinajstić information content (AvgIpc) is 3.41. The first-order chi connectivity index (χ1) is 13.2. The molecule has 144 valence electrons. The summed E-state index contributed by atoms with van der Waals surface area (Å²) < 4.78 is 7.28. The number of hydrogen-bond donors (Lipinski definition) is 1. The number of hydrogen-bond acceptors (Lipinski definition) is 7. The number of benzene rings is 1. The highest BCUT2D eigenvalue weighted by Crippen LogP contribution is 2.36. The highest BCUT2D eigenvalue weighted by atomic mass is 35.5. The molecule has 7 nitrogen and oxygen atoms in total. The number of aryl methyl sites for hydroxylation is 2. The Kier molecular flexibility index (Phi) is 4.78. The summed E-state index contributed by atoms with van der Waals surface area (Å²) in [6, 6.07) is 7.74. The summed E-state index contributed by atoms with van der Waals surface area (Å²) in [7, 11) is 0. The van der Waals surface area contributed by atoms with Gasteiger partial charge in [-0.25, -0.2) is 4.98 Å². The van der Waals surface area contributed by atoms with Gasteiger partial charge in [-0.1, -0.05) is 29.4 Å². The number of rotatable bonds is 3. The van der Waals surface area contributed by atoms with Crippen molar-refractivity contribution in [1.82, 2.24) is 19.7 Å². The molecule has 0 amide bonds. The van der Waals surface area contributed by atoms with Crippen molar-refractivity contribution in [3.63, 3.8) is 0 Å². The van der Waals surface area contributed by atoms with Gasteiger partial charge in [0.15, 0.2) is 0 Å². The van der Waals surface area contributed by atoms with E-state index in [4.69, 9.17) is 10.3 Å². The van der Waals surface area contributed by atoms with E-state index in [-0.39, 0.29) is 18.0 Å². The molecule has 2 N–H and O–H groups in total. The van der Waals surface area contributed by atoms with Crippen LogP contribution >= 0.6 is 23.7 Å². The van der Waals surface area contributed by atoms with Gasteiger partial charge in [-0.2, -0.15) is 4.98 Å². The van der Waals surface area contributed by atoms with Crippen LogP contribution in [-0.2, 0) is 19.5 Å². The molecule has 0 saturated carbocycles. The molecule has 0 unspecified atom stereocenters. The predicted molar refractivity (Wildman–Crippen MR) is 111 cm³/mol. The number of nitrogens with two attached hydrogens (primary N) is 1. The van der Waals surface area contributed by atoms with Crippen LogP contribution in [0.5, 0.6) is 0 Å². The summed E-state index contributed by atoms with van der Waals surface area (Å²) in [6.45, 7) is 3.15.